The molecule has 0 bridgehead atoms. The molecule has 0 saturated heterocycles. The maximum absolute atomic E-state index is 13.2. The van der Waals surface area contributed by atoms with Gasteiger partial charge in [-0.3, -0.25) is 36.7 Å². The summed E-state index contributed by atoms with van der Waals surface area (Å²) < 4.78 is 39.8. The molecule has 5 amide bonds. The summed E-state index contributed by atoms with van der Waals surface area (Å²) in [5.41, 5.74) is 5.56. The molecule has 590 valence electrons. The van der Waals surface area contributed by atoms with Crippen LogP contribution in [0.25, 0.3) is 0 Å². The molecule has 6 atom stereocenters. The predicted molar refractivity (Wildman–Crippen MR) is 428 cm³/mol. The highest BCUT2D eigenvalue weighted by atomic mass is 16.6. The topological polar surface area (TPSA) is 273 Å². The third kappa shape index (κ3) is 36.5. The summed E-state index contributed by atoms with van der Waals surface area (Å²) in [5, 5.41) is 35.1. The Morgan fingerprint density at radius 3 is 0.815 bits per heavy atom. The van der Waals surface area contributed by atoms with Gasteiger partial charge in [0.1, 0.15) is 33.0 Å². The first-order valence-electron chi connectivity index (χ1n) is 39.2. The fourth-order valence-electron chi connectivity index (χ4n) is 12.7. The van der Waals surface area contributed by atoms with Gasteiger partial charge in [0, 0.05) is 28.4 Å². The fraction of sp³-hybridized carbons (Fsp3) is 0.529. The van der Waals surface area contributed by atoms with E-state index in [1.54, 1.807) is 127 Å². The number of nitrogens with one attached hydrogen (secondary N) is 5. The van der Waals surface area contributed by atoms with E-state index in [4.69, 9.17) is 33.2 Å². The van der Waals surface area contributed by atoms with Gasteiger partial charge in [-0.05, 0) is 155 Å². The number of aliphatic hydroxyl groups is 1. The lowest BCUT2D eigenvalue weighted by Gasteiger charge is -2.18. The van der Waals surface area contributed by atoms with Crippen LogP contribution in [0, 0.1) is 57.5 Å². The number of anilines is 5. The van der Waals surface area contributed by atoms with Crippen LogP contribution in [0.3, 0.4) is 0 Å². The highest BCUT2D eigenvalue weighted by Gasteiger charge is 2.23. The lowest BCUT2D eigenvalue weighted by atomic mass is 9.91. The predicted octanol–water partition coefficient (Wildman–Crippen LogP) is 23.5. The van der Waals surface area contributed by atoms with Crippen LogP contribution in [0.4, 0.5) is 58.1 Å². The van der Waals surface area contributed by atoms with Crippen molar-refractivity contribution in [3.8, 4) is 11.5 Å². The van der Waals surface area contributed by atoms with E-state index in [0.717, 1.165) is 67.8 Å². The lowest BCUT2D eigenvalue weighted by molar-refractivity contribution is -0.385. The van der Waals surface area contributed by atoms with E-state index in [1.165, 1.54) is 96.0 Å². The molecule has 0 aromatic heterocycles. The number of carbonyl (C=O) groups is 5. The smallest absolute Gasteiger partial charge is 0.411 e. The van der Waals surface area contributed by atoms with Gasteiger partial charge in [-0.25, -0.2) is 24.0 Å². The molecule has 6 aromatic rings. The Balaban J connectivity index is 0.891. The second kappa shape index (κ2) is 48.8. The molecule has 6 N–H and O–H groups in total. The van der Waals surface area contributed by atoms with Gasteiger partial charge >= 0.3 is 30.5 Å². The number of hydrogen-bond donors (Lipinski definition) is 6. The molecule has 0 aliphatic heterocycles. The Bertz CT molecular complexity index is 3610. The van der Waals surface area contributed by atoms with Crippen molar-refractivity contribution in [2.24, 2.45) is 47.3 Å². The van der Waals surface area contributed by atoms with E-state index in [1.807, 2.05) is 0 Å². The zero-order valence-electron chi connectivity index (χ0n) is 65.7. The quantitative estimate of drug-likeness (QED) is 0.0118. The van der Waals surface area contributed by atoms with Crippen LogP contribution in [0.1, 0.15) is 231 Å². The van der Waals surface area contributed by atoms with Crippen LogP contribution in [-0.2, 0) is 63.3 Å². The van der Waals surface area contributed by atoms with E-state index in [0.29, 0.717) is 99.1 Å². The van der Waals surface area contributed by atoms with E-state index >= 15 is 0 Å². The molecule has 0 saturated carbocycles. The van der Waals surface area contributed by atoms with Gasteiger partial charge in [-0.15, -0.1) is 0 Å². The van der Waals surface area contributed by atoms with E-state index < -0.39 is 42.0 Å². The number of nitro benzene ring substituents is 1. The number of nitro groups is 1. The fourth-order valence-corrected chi connectivity index (χ4v) is 12.7. The first-order valence-corrected chi connectivity index (χ1v) is 39.2. The Morgan fingerprint density at radius 1 is 0.333 bits per heavy atom. The average molecular weight is 1490 g/mol. The standard InChI is InChI=1S/C87H122N6O15/c1-61(2)17-11-19-63(5)21-13-23-65(7)25-15-27-67(9)49-51-102-81-53-74(80(93(100)101)54-82(81)103-52-50-68(10)28-16-26-66(8)24-14-22-64(6)20-12-18-62(3)4)60-108-87(99)92-79-47-37-73(38-48-79)59-107-86(98)91-78-45-35-72(36-46-78)58-106-85(97)90-77-43-33-71(34-44-77)57-105-84(96)89-76-41-31-70(32-42-76)56-104-83(95)88-75-39-29-69(55-94)30-40-75/h29-48,53-54,61-68,94H,11-28,49-52,55-60H2,1-10H3,(H,88,95)(H,89,96)(H,90,97)(H,91,98)(H,92,99)/t63-,64-,65-,66-,67?,68?/m1/s1. The molecule has 0 heterocycles. The number of amides is 5. The van der Waals surface area contributed by atoms with E-state index in [-0.39, 0.29) is 44.3 Å². The van der Waals surface area contributed by atoms with Gasteiger partial charge < -0.3 is 38.3 Å². The van der Waals surface area contributed by atoms with Crippen LogP contribution >= 0.6 is 0 Å². The van der Waals surface area contributed by atoms with Gasteiger partial charge in [-0.1, -0.05) is 245 Å². The molecule has 0 fully saturated rings. The molecule has 2 unspecified atom stereocenters. The molecule has 6 rings (SSSR count). The summed E-state index contributed by atoms with van der Waals surface area (Å²) in [4.78, 5) is 75.6. The Labute approximate surface area is 641 Å². The molecule has 0 radical (unpaired) electrons. The largest absolute Gasteiger partial charge is 0.490 e. The van der Waals surface area contributed by atoms with E-state index in [2.05, 4.69) is 95.8 Å². The van der Waals surface area contributed by atoms with Crippen molar-refractivity contribution >= 4 is 64.6 Å². The normalized spacial score (nSPS) is 12.9. The van der Waals surface area contributed by atoms with Crippen LogP contribution in [-0.4, -0.2) is 53.7 Å². The maximum Gasteiger partial charge on any atom is 0.411 e. The number of benzene rings is 6. The highest BCUT2D eigenvalue weighted by molar-refractivity contribution is 5.87. The summed E-state index contributed by atoms with van der Waals surface area (Å²) in [5.74, 6) is 6.02. The van der Waals surface area contributed by atoms with Gasteiger partial charge in [0.25, 0.3) is 5.69 Å². The number of hydrogen-bond acceptors (Lipinski definition) is 15. The SMILES string of the molecule is CC(C)CCC[C@@H](C)CCC[C@@H](C)CCCC(C)CCOc1cc(COC(=O)Nc2ccc(COC(=O)Nc3ccc(COC(=O)Nc4ccc(COC(=O)Nc5ccc(COC(=O)Nc6ccc(CO)cc6)cc5)cc4)cc3)cc2)c([N+](=O)[O-])cc1OCCC(C)CCC[C@H](C)CCC[C@H](C)CCCC(C)C. The number of aliphatic hydroxyl groups excluding tert-OH is 1. The molecule has 0 aliphatic rings. The van der Waals surface area contributed by atoms with E-state index in [9.17, 15) is 39.2 Å². The number of rotatable bonds is 49. The van der Waals surface area contributed by atoms with Crippen molar-refractivity contribution in [1.29, 1.82) is 0 Å². The van der Waals surface area contributed by atoms with Gasteiger partial charge in [0.05, 0.1) is 36.4 Å². The average Bonchev–Trinajstić information content (AvgIpc) is 0.816. The third-order valence-electron chi connectivity index (χ3n) is 19.6. The maximum atomic E-state index is 13.2. The summed E-state index contributed by atoms with van der Waals surface area (Å²) >= 11 is 0. The van der Waals surface area contributed by atoms with Crippen LogP contribution in [0.15, 0.2) is 133 Å². The number of carbonyl (C=O) groups excluding carboxylic acids is 5. The van der Waals surface area contributed by atoms with Crippen molar-refractivity contribution < 1.29 is 67.2 Å². The van der Waals surface area contributed by atoms with Crippen molar-refractivity contribution in [2.75, 3.05) is 39.8 Å². The summed E-state index contributed by atoms with van der Waals surface area (Å²) in [6.45, 7) is 23.4. The Hall–Kier alpha value is -9.37. The Kier molecular flexibility index (Phi) is 39.6. The minimum Gasteiger partial charge on any atom is -0.490 e. The minimum atomic E-state index is -0.826. The second-order valence-electron chi connectivity index (χ2n) is 30.6. The lowest BCUT2D eigenvalue weighted by Crippen LogP contribution is -2.15. The van der Waals surface area contributed by atoms with Crippen LogP contribution < -0.4 is 36.1 Å². The van der Waals surface area contributed by atoms with Crippen molar-refractivity contribution in [3.63, 3.8) is 0 Å². The first kappa shape index (κ1) is 87.5. The number of nitrogens with zero attached hydrogens (tertiary/aromatic N) is 1. The number of ether oxygens (including phenoxy) is 7. The van der Waals surface area contributed by atoms with Crippen molar-refractivity contribution in [2.45, 2.75) is 237 Å². The van der Waals surface area contributed by atoms with Gasteiger partial charge in [0.2, 0.25) is 0 Å². The van der Waals surface area contributed by atoms with Gasteiger partial charge in [-0.2, -0.15) is 0 Å². The monoisotopic (exact) mass is 1490 g/mol. The van der Waals surface area contributed by atoms with Crippen molar-refractivity contribution in [3.05, 3.63) is 177 Å². The Morgan fingerprint density at radius 2 is 0.565 bits per heavy atom. The third-order valence-corrected chi connectivity index (χ3v) is 19.6. The minimum absolute atomic E-state index is 0.00207. The molecular formula is C87H122N6O15. The first-order chi connectivity index (χ1) is 51.9. The summed E-state index contributed by atoms with van der Waals surface area (Å²) in [6, 6.07) is 36.3. The molecule has 108 heavy (non-hydrogen) atoms. The summed E-state index contributed by atoms with van der Waals surface area (Å²) in [6.07, 6.45) is 20.6. The molecule has 0 spiro atoms. The molecular weight excluding hydrogens is 1370 g/mol. The molecule has 21 heteroatoms. The molecule has 0 aliphatic carbocycles. The molecule has 21 nitrogen and oxygen atoms in total. The molecule has 6 aromatic carbocycles. The van der Waals surface area contributed by atoms with Crippen LogP contribution in [0.2, 0.25) is 0 Å². The zero-order chi connectivity index (χ0) is 78.0. The zero-order valence-corrected chi connectivity index (χ0v) is 65.7. The van der Waals surface area contributed by atoms with Crippen molar-refractivity contribution in [1.82, 2.24) is 0 Å². The summed E-state index contributed by atoms with van der Waals surface area (Å²) in [7, 11) is 0. The second-order valence-corrected chi connectivity index (χ2v) is 30.6. The highest BCUT2D eigenvalue weighted by Crippen LogP contribution is 2.37. The van der Waals surface area contributed by atoms with Gasteiger partial charge in [0.15, 0.2) is 11.5 Å². The van der Waals surface area contributed by atoms with Crippen LogP contribution in [0.5, 0.6) is 11.5 Å².